The van der Waals surface area contributed by atoms with E-state index in [1.54, 1.807) is 0 Å². The molecule has 0 amide bonds. The summed E-state index contributed by atoms with van der Waals surface area (Å²) in [5.41, 5.74) is 0.439. The summed E-state index contributed by atoms with van der Waals surface area (Å²) >= 11 is 0. The molecule has 15 heavy (non-hydrogen) atoms. The number of ether oxygens (including phenoxy) is 1. The molecule has 4 nitrogen and oxygen atoms in total. The molecule has 0 saturated heterocycles. The number of aromatic hydroxyl groups is 1. The van der Waals surface area contributed by atoms with Gasteiger partial charge >= 0.3 is 0 Å². The van der Waals surface area contributed by atoms with Crippen LogP contribution in [-0.4, -0.2) is 23.8 Å². The average molecular weight is 208 g/mol. The van der Waals surface area contributed by atoms with Gasteiger partial charge in [-0.15, -0.1) is 0 Å². The Morgan fingerprint density at radius 2 is 1.80 bits per heavy atom. The fourth-order valence-electron chi connectivity index (χ4n) is 1.24. The Labute approximate surface area is 87.5 Å². The van der Waals surface area contributed by atoms with Gasteiger partial charge < -0.3 is 9.84 Å². The summed E-state index contributed by atoms with van der Waals surface area (Å²) in [6, 6.07) is 2.77. The zero-order valence-corrected chi connectivity index (χ0v) is 8.83. The number of carbonyl (C=O) groups excluding carboxylic acids is 2. The van der Waals surface area contributed by atoms with Gasteiger partial charge in [0.2, 0.25) is 0 Å². The lowest BCUT2D eigenvalue weighted by molar-refractivity contribution is 0.101. The minimum atomic E-state index is -0.311. The second-order valence-electron chi connectivity index (χ2n) is 3.19. The van der Waals surface area contributed by atoms with Crippen LogP contribution in [0, 0.1) is 0 Å². The van der Waals surface area contributed by atoms with E-state index in [2.05, 4.69) is 0 Å². The van der Waals surface area contributed by atoms with Crippen molar-refractivity contribution in [3.63, 3.8) is 0 Å². The van der Waals surface area contributed by atoms with E-state index in [0.29, 0.717) is 5.56 Å². The summed E-state index contributed by atoms with van der Waals surface area (Å²) in [5.74, 6) is -0.590. The van der Waals surface area contributed by atoms with Crippen LogP contribution in [0.25, 0.3) is 0 Å². The Hall–Kier alpha value is -1.84. The lowest BCUT2D eigenvalue weighted by atomic mass is 10.0. The molecule has 0 aliphatic rings. The first-order valence-electron chi connectivity index (χ1n) is 4.40. The molecular weight excluding hydrogens is 196 g/mol. The third-order valence-corrected chi connectivity index (χ3v) is 2.08. The van der Waals surface area contributed by atoms with Gasteiger partial charge in [-0.3, -0.25) is 9.59 Å². The van der Waals surface area contributed by atoms with Crippen molar-refractivity contribution in [3.8, 4) is 11.5 Å². The summed E-state index contributed by atoms with van der Waals surface area (Å²) in [4.78, 5) is 22.3. The molecule has 1 aromatic carbocycles. The van der Waals surface area contributed by atoms with E-state index >= 15 is 0 Å². The third kappa shape index (κ3) is 2.15. The Balaban J connectivity index is 3.45. The van der Waals surface area contributed by atoms with E-state index in [1.165, 1.54) is 33.1 Å². The maximum atomic E-state index is 11.2. The number of methoxy groups -OCH3 is 1. The molecule has 0 fully saturated rings. The van der Waals surface area contributed by atoms with Gasteiger partial charge in [-0.1, -0.05) is 0 Å². The van der Waals surface area contributed by atoms with E-state index < -0.39 is 0 Å². The zero-order valence-electron chi connectivity index (χ0n) is 8.83. The lowest BCUT2D eigenvalue weighted by Crippen LogP contribution is -2.00. The quantitative estimate of drug-likeness (QED) is 0.769. The highest BCUT2D eigenvalue weighted by atomic mass is 16.5. The highest BCUT2D eigenvalue weighted by Crippen LogP contribution is 2.31. The highest BCUT2D eigenvalue weighted by Gasteiger charge is 2.15. The number of carbonyl (C=O) groups is 2. The first-order valence-corrected chi connectivity index (χ1v) is 4.40. The maximum Gasteiger partial charge on any atom is 0.168 e. The molecule has 80 valence electrons. The molecule has 0 saturated carbocycles. The molecule has 0 aliphatic carbocycles. The predicted molar refractivity (Wildman–Crippen MR) is 54.7 cm³/mol. The molecule has 0 atom stereocenters. The fourth-order valence-corrected chi connectivity index (χ4v) is 1.24. The van der Waals surface area contributed by atoms with Crippen LogP contribution in [0.4, 0.5) is 0 Å². The summed E-state index contributed by atoms with van der Waals surface area (Å²) in [6.45, 7) is 2.70. The van der Waals surface area contributed by atoms with Crippen molar-refractivity contribution in [2.75, 3.05) is 7.11 Å². The van der Waals surface area contributed by atoms with Gasteiger partial charge in [0.1, 0.15) is 0 Å². The molecule has 0 bridgehead atoms. The summed E-state index contributed by atoms with van der Waals surface area (Å²) < 4.78 is 4.87. The van der Waals surface area contributed by atoms with Crippen LogP contribution in [0.3, 0.4) is 0 Å². The van der Waals surface area contributed by atoms with Crippen molar-refractivity contribution in [2.24, 2.45) is 0 Å². The number of rotatable bonds is 3. The van der Waals surface area contributed by atoms with Crippen LogP contribution in [0.1, 0.15) is 34.6 Å². The van der Waals surface area contributed by atoms with Crippen molar-refractivity contribution < 1.29 is 19.4 Å². The van der Waals surface area contributed by atoms with Gasteiger partial charge in [0.05, 0.1) is 12.7 Å². The van der Waals surface area contributed by atoms with Crippen LogP contribution < -0.4 is 4.74 Å². The van der Waals surface area contributed by atoms with Crippen molar-refractivity contribution in [2.45, 2.75) is 13.8 Å². The molecule has 4 heteroatoms. The van der Waals surface area contributed by atoms with E-state index in [0.717, 1.165) is 0 Å². The molecule has 0 spiro atoms. The number of hydrogen-bond donors (Lipinski definition) is 1. The molecule has 0 aliphatic heterocycles. The molecule has 0 radical (unpaired) electrons. The van der Waals surface area contributed by atoms with Gasteiger partial charge in [-0.2, -0.15) is 0 Å². The van der Waals surface area contributed by atoms with Crippen LogP contribution in [0.5, 0.6) is 11.5 Å². The van der Waals surface area contributed by atoms with Crippen LogP contribution in [0.15, 0.2) is 12.1 Å². The van der Waals surface area contributed by atoms with E-state index in [4.69, 9.17) is 4.74 Å². The monoisotopic (exact) mass is 208 g/mol. The summed E-state index contributed by atoms with van der Waals surface area (Å²) in [5, 5.41) is 9.61. The molecule has 0 unspecified atom stereocenters. The van der Waals surface area contributed by atoms with E-state index in [1.807, 2.05) is 0 Å². The number of ketones is 2. The maximum absolute atomic E-state index is 11.2. The van der Waals surface area contributed by atoms with Crippen molar-refractivity contribution in [1.29, 1.82) is 0 Å². The third-order valence-electron chi connectivity index (χ3n) is 2.08. The van der Waals surface area contributed by atoms with Gasteiger partial charge in [-0.05, 0) is 26.0 Å². The number of phenols is 1. The number of phenolic OH excluding ortho intramolecular Hbond substituents is 1. The second kappa shape index (κ2) is 4.13. The number of Topliss-reactive ketones (excluding diaryl/α,β-unsaturated/α-hetero) is 2. The Morgan fingerprint density at radius 1 is 1.20 bits per heavy atom. The van der Waals surface area contributed by atoms with Crippen LogP contribution >= 0.6 is 0 Å². The molecule has 1 aromatic rings. The zero-order chi connectivity index (χ0) is 11.6. The smallest absolute Gasteiger partial charge is 0.168 e. The van der Waals surface area contributed by atoms with Crippen LogP contribution in [-0.2, 0) is 0 Å². The van der Waals surface area contributed by atoms with E-state index in [9.17, 15) is 14.7 Å². The topological polar surface area (TPSA) is 63.6 Å². The van der Waals surface area contributed by atoms with Gasteiger partial charge in [0.25, 0.3) is 0 Å². The molecule has 0 aromatic heterocycles. The SMILES string of the molecule is COc1cc(C(C)=O)cc(C(C)=O)c1O. The van der Waals surface area contributed by atoms with Gasteiger partial charge in [0.15, 0.2) is 23.1 Å². The number of benzene rings is 1. The molecule has 0 heterocycles. The van der Waals surface area contributed by atoms with E-state index in [-0.39, 0.29) is 28.6 Å². The average Bonchev–Trinajstić information content (AvgIpc) is 2.17. The van der Waals surface area contributed by atoms with Gasteiger partial charge in [0, 0.05) is 5.56 Å². The normalized spacial score (nSPS) is 9.80. The predicted octanol–water partition coefficient (Wildman–Crippen LogP) is 1.81. The number of hydrogen-bond acceptors (Lipinski definition) is 4. The second-order valence-corrected chi connectivity index (χ2v) is 3.19. The molecule has 1 rings (SSSR count). The molecule has 1 N–H and O–H groups in total. The lowest BCUT2D eigenvalue weighted by Gasteiger charge is -2.08. The Kier molecular flexibility index (Phi) is 3.09. The van der Waals surface area contributed by atoms with Crippen molar-refractivity contribution in [3.05, 3.63) is 23.3 Å². The Bertz CT molecular complexity index is 421. The first kappa shape index (κ1) is 11.2. The Morgan fingerprint density at radius 3 is 2.20 bits per heavy atom. The minimum Gasteiger partial charge on any atom is -0.504 e. The molecular formula is C11H12O4. The standard InChI is InChI=1S/C11H12O4/c1-6(12)8-4-9(7(2)13)11(14)10(5-8)15-3/h4-5,14H,1-3H3. The van der Waals surface area contributed by atoms with Crippen molar-refractivity contribution >= 4 is 11.6 Å². The van der Waals surface area contributed by atoms with Crippen molar-refractivity contribution in [1.82, 2.24) is 0 Å². The first-order chi connectivity index (χ1) is 6.97. The van der Waals surface area contributed by atoms with Crippen LogP contribution in [0.2, 0.25) is 0 Å². The highest BCUT2D eigenvalue weighted by molar-refractivity contribution is 6.02. The largest absolute Gasteiger partial charge is 0.504 e. The summed E-state index contributed by atoms with van der Waals surface area (Å²) in [6.07, 6.45) is 0. The summed E-state index contributed by atoms with van der Waals surface area (Å²) in [7, 11) is 1.36. The van der Waals surface area contributed by atoms with Gasteiger partial charge in [-0.25, -0.2) is 0 Å². The minimum absolute atomic E-state index is 0.0968. The fraction of sp³-hybridized carbons (Fsp3) is 0.273.